The summed E-state index contributed by atoms with van der Waals surface area (Å²) in [6.07, 6.45) is 2.03. The number of rotatable bonds is 12. The standard InChI is InChI=1S/C34H44N2O4/c1-34(2)24-36(3)33-27(10-7-11-30(33)34)23-40-32-21-35-18-17-29(32)25-13-15-28(16-14-25)39-20-8-19-38-22-26-9-5-6-12-31(26)37-4/h5-7,9-16,29,32,35H,8,17-24H2,1-4H3. The van der Waals surface area contributed by atoms with E-state index in [1.165, 1.54) is 22.4 Å². The van der Waals surface area contributed by atoms with Gasteiger partial charge in [0.05, 0.1) is 39.6 Å². The van der Waals surface area contributed by atoms with E-state index in [9.17, 15) is 0 Å². The minimum Gasteiger partial charge on any atom is -0.496 e. The van der Waals surface area contributed by atoms with Crippen LogP contribution in [0.25, 0.3) is 0 Å². The zero-order chi connectivity index (χ0) is 28.0. The summed E-state index contributed by atoms with van der Waals surface area (Å²) in [4.78, 5) is 2.38. The van der Waals surface area contributed by atoms with Crippen LogP contribution in [0.4, 0.5) is 5.69 Å². The van der Waals surface area contributed by atoms with Crippen LogP contribution in [0, 0.1) is 0 Å². The van der Waals surface area contributed by atoms with E-state index in [4.69, 9.17) is 18.9 Å². The lowest BCUT2D eigenvalue weighted by Crippen LogP contribution is -2.41. The van der Waals surface area contributed by atoms with Crippen molar-refractivity contribution in [1.29, 1.82) is 0 Å². The van der Waals surface area contributed by atoms with Crippen molar-refractivity contribution in [2.45, 2.75) is 57.3 Å². The van der Waals surface area contributed by atoms with Gasteiger partial charge in [-0.1, -0.05) is 62.4 Å². The lowest BCUT2D eigenvalue weighted by molar-refractivity contribution is 0.0108. The van der Waals surface area contributed by atoms with Gasteiger partial charge in [-0.25, -0.2) is 0 Å². The summed E-state index contributed by atoms with van der Waals surface area (Å²) in [5, 5.41) is 3.54. The van der Waals surface area contributed by atoms with Crippen molar-refractivity contribution < 1.29 is 18.9 Å². The summed E-state index contributed by atoms with van der Waals surface area (Å²) in [6, 6.07) is 23.2. The molecule has 2 heterocycles. The van der Waals surface area contributed by atoms with E-state index in [1.807, 2.05) is 24.3 Å². The van der Waals surface area contributed by atoms with E-state index in [0.717, 1.165) is 49.5 Å². The molecule has 0 radical (unpaired) electrons. The summed E-state index contributed by atoms with van der Waals surface area (Å²) in [5.41, 5.74) is 6.60. The zero-order valence-corrected chi connectivity index (χ0v) is 24.4. The molecule has 3 aromatic rings. The average Bonchev–Trinajstić information content (AvgIpc) is 3.22. The van der Waals surface area contributed by atoms with E-state index in [-0.39, 0.29) is 11.5 Å². The highest BCUT2D eigenvalue weighted by Crippen LogP contribution is 2.42. The molecule has 5 rings (SSSR count). The third kappa shape index (κ3) is 6.63. The Balaban J connectivity index is 1.10. The molecule has 2 atom stereocenters. The van der Waals surface area contributed by atoms with Crippen molar-refractivity contribution in [1.82, 2.24) is 5.32 Å². The number of methoxy groups -OCH3 is 1. The number of likely N-dealkylation sites (N-methyl/N-ethyl adjacent to an activating group) is 1. The molecule has 1 N–H and O–H groups in total. The Morgan fingerprint density at radius 3 is 2.55 bits per heavy atom. The van der Waals surface area contributed by atoms with E-state index in [0.29, 0.717) is 32.3 Å². The molecule has 6 heteroatoms. The molecule has 2 unspecified atom stereocenters. The predicted molar refractivity (Wildman–Crippen MR) is 161 cm³/mol. The smallest absolute Gasteiger partial charge is 0.124 e. The number of benzene rings is 3. The third-order valence-electron chi connectivity index (χ3n) is 8.20. The molecule has 214 valence electrons. The SMILES string of the molecule is COc1ccccc1COCCCOc1ccc(C2CCNCC2OCc2cccc3c2N(C)CC3(C)C)cc1. The molecular weight excluding hydrogens is 500 g/mol. The van der Waals surface area contributed by atoms with E-state index in [2.05, 4.69) is 73.6 Å². The second-order valence-corrected chi connectivity index (χ2v) is 11.6. The van der Waals surface area contributed by atoms with Gasteiger partial charge in [0.25, 0.3) is 0 Å². The number of hydrogen-bond donors (Lipinski definition) is 1. The Labute approximate surface area is 239 Å². The highest BCUT2D eigenvalue weighted by molar-refractivity contribution is 5.66. The van der Waals surface area contributed by atoms with Crippen molar-refractivity contribution in [2.24, 2.45) is 0 Å². The van der Waals surface area contributed by atoms with Crippen molar-refractivity contribution >= 4 is 5.69 Å². The molecule has 0 spiro atoms. The van der Waals surface area contributed by atoms with Gasteiger partial charge in [-0.15, -0.1) is 0 Å². The molecule has 0 aromatic heterocycles. The average molecular weight is 545 g/mol. The third-order valence-corrected chi connectivity index (χ3v) is 8.20. The highest BCUT2D eigenvalue weighted by atomic mass is 16.5. The first-order valence-electron chi connectivity index (χ1n) is 14.5. The first-order valence-corrected chi connectivity index (χ1v) is 14.5. The molecule has 2 aliphatic rings. The van der Waals surface area contributed by atoms with Gasteiger partial charge in [0.2, 0.25) is 0 Å². The molecule has 3 aromatic carbocycles. The monoisotopic (exact) mass is 544 g/mol. The van der Waals surface area contributed by atoms with Gasteiger partial charge in [-0.05, 0) is 42.3 Å². The van der Waals surface area contributed by atoms with Crippen molar-refractivity contribution in [3.05, 3.63) is 89.0 Å². The van der Waals surface area contributed by atoms with E-state index in [1.54, 1.807) is 7.11 Å². The second-order valence-electron chi connectivity index (χ2n) is 11.6. The molecule has 0 amide bonds. The minimum absolute atomic E-state index is 0.136. The van der Waals surface area contributed by atoms with Gasteiger partial charge in [-0.3, -0.25) is 0 Å². The predicted octanol–water partition coefficient (Wildman–Crippen LogP) is 6.07. The molecular formula is C34H44N2O4. The number of piperidine rings is 1. The highest BCUT2D eigenvalue weighted by Gasteiger charge is 2.35. The lowest BCUT2D eigenvalue weighted by Gasteiger charge is -2.33. The van der Waals surface area contributed by atoms with Crippen LogP contribution in [0.3, 0.4) is 0 Å². The molecule has 0 bridgehead atoms. The molecule has 40 heavy (non-hydrogen) atoms. The first-order chi connectivity index (χ1) is 19.5. The summed E-state index contributed by atoms with van der Waals surface area (Å²) < 4.78 is 23.8. The maximum atomic E-state index is 6.61. The fourth-order valence-electron chi connectivity index (χ4n) is 6.21. The van der Waals surface area contributed by atoms with Crippen LogP contribution in [0.5, 0.6) is 11.5 Å². The van der Waals surface area contributed by atoms with Crippen LogP contribution in [0.2, 0.25) is 0 Å². The van der Waals surface area contributed by atoms with Crippen LogP contribution in [-0.4, -0.2) is 53.1 Å². The molecule has 6 nitrogen and oxygen atoms in total. The summed E-state index contributed by atoms with van der Waals surface area (Å²) in [6.45, 7) is 10.0. The van der Waals surface area contributed by atoms with Crippen molar-refractivity contribution in [2.75, 3.05) is 51.9 Å². The summed E-state index contributed by atoms with van der Waals surface area (Å²) >= 11 is 0. The Morgan fingerprint density at radius 1 is 0.925 bits per heavy atom. The number of hydrogen-bond acceptors (Lipinski definition) is 6. The van der Waals surface area contributed by atoms with E-state index >= 15 is 0 Å². The van der Waals surface area contributed by atoms with Crippen LogP contribution in [0.15, 0.2) is 66.7 Å². The Kier molecular flexibility index (Phi) is 9.30. The van der Waals surface area contributed by atoms with Gasteiger partial charge in [-0.2, -0.15) is 0 Å². The molecule has 0 aliphatic carbocycles. The number of fused-ring (bicyclic) bond motifs is 1. The number of nitrogens with zero attached hydrogens (tertiary/aromatic N) is 1. The molecule has 1 saturated heterocycles. The Morgan fingerprint density at radius 2 is 1.73 bits per heavy atom. The lowest BCUT2D eigenvalue weighted by atomic mass is 9.86. The van der Waals surface area contributed by atoms with Gasteiger partial charge in [0.15, 0.2) is 0 Å². The first kappa shape index (κ1) is 28.5. The Bertz CT molecular complexity index is 1240. The quantitative estimate of drug-likeness (QED) is 0.279. The van der Waals surface area contributed by atoms with Crippen molar-refractivity contribution in [3.8, 4) is 11.5 Å². The fraction of sp³-hybridized carbons (Fsp3) is 0.471. The maximum absolute atomic E-state index is 6.61. The normalized spacial score (nSPS) is 19.9. The summed E-state index contributed by atoms with van der Waals surface area (Å²) in [7, 11) is 3.88. The van der Waals surface area contributed by atoms with Gasteiger partial charge < -0.3 is 29.2 Å². The van der Waals surface area contributed by atoms with Crippen LogP contribution < -0.4 is 19.7 Å². The van der Waals surface area contributed by atoms with E-state index < -0.39 is 0 Å². The molecule has 1 fully saturated rings. The number of anilines is 1. The topological polar surface area (TPSA) is 52.2 Å². The van der Waals surface area contributed by atoms with Gasteiger partial charge >= 0.3 is 0 Å². The number of para-hydroxylation sites is 2. The minimum atomic E-state index is 0.136. The van der Waals surface area contributed by atoms with Crippen LogP contribution >= 0.6 is 0 Å². The summed E-state index contributed by atoms with van der Waals surface area (Å²) in [5.74, 6) is 2.12. The Hall–Kier alpha value is -3.06. The largest absolute Gasteiger partial charge is 0.496 e. The number of nitrogens with one attached hydrogen (secondary N) is 1. The fourth-order valence-corrected chi connectivity index (χ4v) is 6.21. The number of ether oxygens (including phenoxy) is 4. The molecule has 0 saturated carbocycles. The van der Waals surface area contributed by atoms with Crippen molar-refractivity contribution in [3.63, 3.8) is 0 Å². The maximum Gasteiger partial charge on any atom is 0.124 e. The van der Waals surface area contributed by atoms with Crippen LogP contribution in [-0.2, 0) is 28.1 Å². The zero-order valence-electron chi connectivity index (χ0n) is 24.4. The second kappa shape index (κ2) is 13.1. The van der Waals surface area contributed by atoms with Gasteiger partial charge in [0.1, 0.15) is 11.5 Å². The van der Waals surface area contributed by atoms with Crippen LogP contribution in [0.1, 0.15) is 54.9 Å². The molecule has 2 aliphatic heterocycles. The van der Waals surface area contributed by atoms with Gasteiger partial charge in [0, 0.05) is 54.7 Å².